The molecule has 0 aliphatic heterocycles. The third-order valence-corrected chi connectivity index (χ3v) is 10.1. The Bertz CT molecular complexity index is 2660. The Labute approximate surface area is 325 Å². The fourth-order valence-electron chi connectivity index (χ4n) is 6.44. The molecule has 2 aromatic heterocycles. The van der Waals surface area contributed by atoms with Crippen molar-refractivity contribution in [3.8, 4) is 11.4 Å². The van der Waals surface area contributed by atoms with Gasteiger partial charge in [-0.3, -0.25) is 14.0 Å². The van der Waals surface area contributed by atoms with Gasteiger partial charge in [-0.1, -0.05) is 23.7 Å². The maximum Gasteiger partial charge on any atom is 0.408 e. The number of aryl methyl sites for hydroxylation is 2. The lowest BCUT2D eigenvalue weighted by atomic mass is 10.0. The van der Waals surface area contributed by atoms with Crippen LogP contribution >= 0.6 is 11.6 Å². The van der Waals surface area contributed by atoms with Gasteiger partial charge in [-0.05, 0) is 92.9 Å². The van der Waals surface area contributed by atoms with Gasteiger partial charge in [0.05, 0.1) is 53.1 Å². The number of ether oxygens (including phenoxy) is 2. The number of rotatable bonds is 10. The van der Waals surface area contributed by atoms with Crippen LogP contribution in [0.2, 0.25) is 5.02 Å². The Morgan fingerprint density at radius 1 is 0.982 bits per heavy atom. The molecule has 0 aliphatic rings. The summed E-state index contributed by atoms with van der Waals surface area (Å²) >= 11 is 6.82. The Kier molecular flexibility index (Phi) is 10.8. The van der Waals surface area contributed by atoms with Crippen molar-refractivity contribution in [2.45, 2.75) is 52.3 Å². The molecule has 294 valence electrons. The zero-order valence-corrected chi connectivity index (χ0v) is 33.0. The van der Waals surface area contributed by atoms with E-state index in [2.05, 4.69) is 10.4 Å². The molecule has 0 radical (unpaired) electrons. The van der Waals surface area contributed by atoms with Gasteiger partial charge in [0.1, 0.15) is 40.0 Å². The van der Waals surface area contributed by atoms with Gasteiger partial charge in [-0.2, -0.15) is 5.10 Å². The summed E-state index contributed by atoms with van der Waals surface area (Å²) in [6.07, 6.45) is -0.239. The van der Waals surface area contributed by atoms with Crippen LogP contribution in [0.3, 0.4) is 0 Å². The van der Waals surface area contributed by atoms with E-state index in [1.807, 2.05) is 0 Å². The highest BCUT2D eigenvalue weighted by Gasteiger charge is 2.31. The Balaban J connectivity index is 1.65. The lowest BCUT2D eigenvalue weighted by molar-refractivity contribution is 0.0500. The van der Waals surface area contributed by atoms with Crippen LogP contribution in [0.25, 0.3) is 27.5 Å². The maximum atomic E-state index is 15.8. The van der Waals surface area contributed by atoms with Crippen molar-refractivity contribution in [1.82, 2.24) is 24.6 Å². The smallest absolute Gasteiger partial charge is 0.408 e. The van der Waals surface area contributed by atoms with Crippen LogP contribution in [0.1, 0.15) is 49.3 Å². The van der Waals surface area contributed by atoms with E-state index < -0.39 is 56.2 Å². The second-order valence-corrected chi connectivity index (χ2v) is 16.6. The van der Waals surface area contributed by atoms with Crippen molar-refractivity contribution in [2.24, 2.45) is 7.05 Å². The first-order valence-electron chi connectivity index (χ1n) is 17.2. The molecule has 0 bridgehead atoms. The summed E-state index contributed by atoms with van der Waals surface area (Å²) in [6, 6.07) is 13.8. The van der Waals surface area contributed by atoms with Gasteiger partial charge in [0.25, 0.3) is 5.56 Å². The Morgan fingerprint density at radius 2 is 1.64 bits per heavy atom. The molecule has 2 heterocycles. The van der Waals surface area contributed by atoms with Gasteiger partial charge < -0.3 is 14.8 Å². The zero-order valence-electron chi connectivity index (χ0n) is 31.4. The summed E-state index contributed by atoms with van der Waals surface area (Å²) in [4.78, 5) is 32.8. The molecule has 17 heteroatoms. The number of nitrogens with one attached hydrogen (secondary N) is 1. The van der Waals surface area contributed by atoms with E-state index >= 15 is 4.39 Å². The third-order valence-electron chi connectivity index (χ3n) is 8.72. The topological polar surface area (TPSA) is 138 Å². The Hall–Kier alpha value is -5.61. The van der Waals surface area contributed by atoms with Crippen LogP contribution in [0.4, 0.5) is 23.8 Å². The van der Waals surface area contributed by atoms with Crippen LogP contribution in [0.5, 0.6) is 5.75 Å². The number of halogens is 4. The summed E-state index contributed by atoms with van der Waals surface area (Å²) in [5, 5.41) is 7.07. The number of nitrogens with zero attached hydrogens (tertiary/aromatic N) is 5. The van der Waals surface area contributed by atoms with Crippen LogP contribution in [-0.2, 0) is 34.8 Å². The second-order valence-electron chi connectivity index (χ2n) is 14.3. The highest BCUT2D eigenvalue weighted by atomic mass is 35.5. The molecular formula is C39H38ClF3N6O6S. The number of hydrogen-bond donors (Lipinski definition) is 1. The van der Waals surface area contributed by atoms with Crippen molar-refractivity contribution in [3.63, 3.8) is 0 Å². The molecule has 0 saturated carbocycles. The van der Waals surface area contributed by atoms with Crippen molar-refractivity contribution >= 4 is 55.3 Å². The summed E-state index contributed by atoms with van der Waals surface area (Å²) in [5.41, 5.74) is -0.646. The number of fused-ring (bicyclic) bond motifs is 2. The van der Waals surface area contributed by atoms with Gasteiger partial charge in [-0.15, -0.1) is 0 Å². The lowest BCUT2D eigenvalue weighted by Crippen LogP contribution is -2.39. The fraction of sp³-hybridized carbons (Fsp3) is 0.282. The number of sulfonamides is 1. The van der Waals surface area contributed by atoms with E-state index in [4.69, 9.17) is 26.1 Å². The first-order valence-corrected chi connectivity index (χ1v) is 19.4. The van der Waals surface area contributed by atoms with Crippen molar-refractivity contribution in [2.75, 3.05) is 17.7 Å². The molecule has 4 aromatic carbocycles. The third kappa shape index (κ3) is 8.31. The van der Waals surface area contributed by atoms with Gasteiger partial charge in [0.2, 0.25) is 10.0 Å². The number of carbonyl (C=O) groups is 1. The fourth-order valence-corrected chi connectivity index (χ4v) is 7.50. The van der Waals surface area contributed by atoms with Gasteiger partial charge in [-0.25, -0.2) is 35.7 Å². The molecular weight excluding hydrogens is 773 g/mol. The Morgan fingerprint density at radius 3 is 2.25 bits per heavy atom. The number of carbonyl (C=O) groups excluding carboxylic acids is 1. The summed E-state index contributed by atoms with van der Waals surface area (Å²) < 4.78 is 85.8. The quantitative estimate of drug-likeness (QED) is 0.151. The number of aromatic nitrogens is 4. The number of amides is 1. The molecule has 56 heavy (non-hydrogen) atoms. The highest BCUT2D eigenvalue weighted by Crippen LogP contribution is 2.38. The monoisotopic (exact) mass is 810 g/mol. The van der Waals surface area contributed by atoms with E-state index in [1.54, 1.807) is 52.0 Å². The first-order chi connectivity index (χ1) is 26.2. The van der Waals surface area contributed by atoms with Gasteiger partial charge in [0.15, 0.2) is 5.82 Å². The molecule has 6 rings (SSSR count). The summed E-state index contributed by atoms with van der Waals surface area (Å²) in [5.74, 6) is -2.33. The van der Waals surface area contributed by atoms with Crippen molar-refractivity contribution in [3.05, 3.63) is 122 Å². The number of benzene rings is 4. The SMILES string of the molecule is COc1ccc(CN(c2nn(C)c3c(-n4c(C(Cc5cc(F)cc(F)c5)NC(=O)OC(C)(C)C)nc5cc(C)cc(F)c5c4=O)ccc(Cl)c23)S(C)(=O)=O)cc1. The molecule has 1 unspecified atom stereocenters. The zero-order chi connectivity index (χ0) is 40.9. The first kappa shape index (κ1) is 40.1. The standard InChI is InChI=1S/C39H38ClF3N6O6S/c1-21-14-28(43)33-29(15-21)44-35(30(45-38(51)55-39(2,3)4)18-23-16-24(41)19-25(42)17-23)49(37(33)50)31-13-12-27(40)32-34(31)47(5)46-36(32)48(56(7,52)53)20-22-8-10-26(54-6)11-9-22/h8-17,19,30H,18,20H2,1-7H3,(H,45,51). The number of methoxy groups -OCH3 is 1. The number of anilines is 1. The summed E-state index contributed by atoms with van der Waals surface area (Å²) in [6.45, 7) is 6.37. The minimum absolute atomic E-state index is 0.0272. The molecule has 0 spiro atoms. The molecule has 0 fully saturated rings. The predicted molar refractivity (Wildman–Crippen MR) is 208 cm³/mol. The van der Waals surface area contributed by atoms with E-state index in [0.717, 1.165) is 27.3 Å². The van der Waals surface area contributed by atoms with Crippen LogP contribution in [-0.4, -0.2) is 52.8 Å². The average Bonchev–Trinajstić information content (AvgIpc) is 3.42. The minimum Gasteiger partial charge on any atom is -0.497 e. The summed E-state index contributed by atoms with van der Waals surface area (Å²) in [7, 11) is -1.01. The largest absolute Gasteiger partial charge is 0.497 e. The van der Waals surface area contributed by atoms with E-state index in [-0.39, 0.29) is 57.3 Å². The van der Waals surface area contributed by atoms with E-state index in [0.29, 0.717) is 22.9 Å². The normalized spacial score (nSPS) is 12.6. The van der Waals surface area contributed by atoms with Crippen molar-refractivity contribution < 1.29 is 35.9 Å². The van der Waals surface area contributed by atoms with Crippen molar-refractivity contribution in [1.29, 1.82) is 0 Å². The highest BCUT2D eigenvalue weighted by molar-refractivity contribution is 7.92. The van der Waals surface area contributed by atoms with E-state index in [1.165, 1.54) is 43.1 Å². The molecule has 6 aromatic rings. The second kappa shape index (κ2) is 15.1. The molecule has 0 aliphatic carbocycles. The molecule has 1 atom stereocenters. The lowest BCUT2D eigenvalue weighted by Gasteiger charge is -2.26. The van der Waals surface area contributed by atoms with Gasteiger partial charge >= 0.3 is 6.09 Å². The van der Waals surface area contributed by atoms with E-state index in [9.17, 15) is 26.8 Å². The maximum absolute atomic E-state index is 15.8. The number of alkyl carbamates (subject to hydrolysis) is 1. The average molecular weight is 811 g/mol. The minimum atomic E-state index is -4.03. The molecule has 12 nitrogen and oxygen atoms in total. The van der Waals surface area contributed by atoms with Gasteiger partial charge in [0, 0.05) is 19.5 Å². The molecule has 0 saturated heterocycles. The predicted octanol–water partition coefficient (Wildman–Crippen LogP) is 7.43. The number of hydrogen-bond acceptors (Lipinski definition) is 8. The van der Waals surface area contributed by atoms with Crippen LogP contribution in [0, 0.1) is 24.4 Å². The van der Waals surface area contributed by atoms with Crippen LogP contribution < -0.4 is 19.9 Å². The molecule has 1 amide bonds. The molecule has 1 N–H and O–H groups in total. The van der Waals surface area contributed by atoms with Crippen LogP contribution in [0.15, 0.2) is 71.5 Å².